The minimum Gasteiger partial charge on any atom is -0.477 e. The number of rotatable bonds is 5. The summed E-state index contributed by atoms with van der Waals surface area (Å²) in [5.41, 5.74) is 0.371. The van der Waals surface area contributed by atoms with Crippen LogP contribution in [0.15, 0.2) is 0 Å². The number of aromatic nitrogens is 1. The molecular formula is C14H21NO3S. The van der Waals surface area contributed by atoms with Crippen LogP contribution in [0.5, 0.6) is 0 Å². The van der Waals surface area contributed by atoms with Crippen molar-refractivity contribution >= 4 is 17.3 Å². The Bertz CT molecular complexity index is 450. The van der Waals surface area contributed by atoms with Crippen molar-refractivity contribution in [3.8, 4) is 0 Å². The highest BCUT2D eigenvalue weighted by atomic mass is 32.1. The lowest BCUT2D eigenvalue weighted by atomic mass is 9.85. The van der Waals surface area contributed by atoms with E-state index in [0.717, 1.165) is 49.2 Å². The van der Waals surface area contributed by atoms with Gasteiger partial charge in [-0.1, -0.05) is 32.6 Å². The van der Waals surface area contributed by atoms with Gasteiger partial charge in [-0.3, -0.25) is 0 Å². The van der Waals surface area contributed by atoms with Crippen molar-refractivity contribution in [1.29, 1.82) is 0 Å². The van der Waals surface area contributed by atoms with Crippen molar-refractivity contribution in [2.45, 2.75) is 57.5 Å². The Morgan fingerprint density at radius 1 is 1.42 bits per heavy atom. The molecule has 0 spiro atoms. The molecule has 0 saturated heterocycles. The third kappa shape index (κ3) is 2.82. The van der Waals surface area contributed by atoms with Crippen molar-refractivity contribution in [3.63, 3.8) is 0 Å². The monoisotopic (exact) mass is 283 g/mol. The average Bonchev–Trinajstić information content (AvgIpc) is 2.85. The Hall–Kier alpha value is -0.940. The van der Waals surface area contributed by atoms with Crippen LogP contribution in [0.3, 0.4) is 0 Å². The second kappa shape index (κ2) is 6.01. The topological polar surface area (TPSA) is 59.4 Å². The summed E-state index contributed by atoms with van der Waals surface area (Å²) in [7, 11) is 1.71. The maximum absolute atomic E-state index is 11.3. The minimum atomic E-state index is -0.866. The number of hydrogen-bond acceptors (Lipinski definition) is 4. The van der Waals surface area contributed by atoms with E-state index >= 15 is 0 Å². The van der Waals surface area contributed by atoms with Gasteiger partial charge in [-0.25, -0.2) is 9.78 Å². The first-order chi connectivity index (χ1) is 9.13. The van der Waals surface area contributed by atoms with Gasteiger partial charge in [0.15, 0.2) is 0 Å². The summed E-state index contributed by atoms with van der Waals surface area (Å²) >= 11 is 1.30. The Morgan fingerprint density at radius 3 is 2.63 bits per heavy atom. The molecule has 0 amide bonds. The molecule has 1 N–H and O–H groups in total. The van der Waals surface area contributed by atoms with Crippen molar-refractivity contribution in [2.75, 3.05) is 7.11 Å². The van der Waals surface area contributed by atoms with Crippen LogP contribution >= 0.6 is 11.3 Å². The van der Waals surface area contributed by atoms with Gasteiger partial charge in [-0.2, -0.15) is 0 Å². The molecule has 0 bridgehead atoms. The van der Waals surface area contributed by atoms with E-state index in [0.29, 0.717) is 4.88 Å². The molecule has 1 aliphatic rings. The van der Waals surface area contributed by atoms with E-state index in [2.05, 4.69) is 4.98 Å². The summed E-state index contributed by atoms with van der Waals surface area (Å²) in [5.74, 6) is -0.866. The largest absolute Gasteiger partial charge is 0.477 e. The number of carboxylic acid groups (broad SMARTS) is 1. The molecule has 0 aliphatic heterocycles. The molecule has 1 aromatic heterocycles. The van der Waals surface area contributed by atoms with Gasteiger partial charge in [0.05, 0.1) is 5.69 Å². The van der Waals surface area contributed by atoms with Crippen LogP contribution in [0.1, 0.15) is 65.8 Å². The molecule has 1 heterocycles. The van der Waals surface area contributed by atoms with Gasteiger partial charge >= 0.3 is 5.97 Å². The summed E-state index contributed by atoms with van der Waals surface area (Å²) in [4.78, 5) is 16.3. The van der Waals surface area contributed by atoms with E-state index in [1.54, 1.807) is 7.11 Å². The minimum absolute atomic E-state index is 0.348. The molecule has 0 radical (unpaired) electrons. The molecule has 0 unspecified atom stereocenters. The Balaban J connectivity index is 2.37. The van der Waals surface area contributed by atoms with E-state index in [9.17, 15) is 9.90 Å². The van der Waals surface area contributed by atoms with Crippen molar-refractivity contribution < 1.29 is 14.6 Å². The number of methoxy groups -OCH3 is 1. The van der Waals surface area contributed by atoms with Gasteiger partial charge in [0, 0.05) is 7.11 Å². The maximum atomic E-state index is 11.3. The van der Waals surface area contributed by atoms with Gasteiger partial charge in [-0.15, -0.1) is 11.3 Å². The van der Waals surface area contributed by atoms with Crippen molar-refractivity contribution in [1.82, 2.24) is 4.98 Å². The molecule has 1 aliphatic carbocycles. The number of aromatic carboxylic acids is 1. The lowest BCUT2D eigenvalue weighted by Crippen LogP contribution is -2.31. The molecule has 0 atom stereocenters. The Morgan fingerprint density at radius 2 is 2.11 bits per heavy atom. The first-order valence-corrected chi connectivity index (χ1v) is 7.73. The molecule has 4 nitrogen and oxygen atoms in total. The number of ether oxygens (including phenoxy) is 1. The fourth-order valence-electron chi connectivity index (χ4n) is 2.75. The fraction of sp³-hybridized carbons (Fsp3) is 0.714. The molecule has 1 saturated carbocycles. The van der Waals surface area contributed by atoms with E-state index in [-0.39, 0.29) is 5.60 Å². The molecule has 106 valence electrons. The lowest BCUT2D eigenvalue weighted by molar-refractivity contribution is -0.0447. The van der Waals surface area contributed by atoms with Gasteiger partial charge in [0.1, 0.15) is 15.5 Å². The second-order valence-corrected chi connectivity index (χ2v) is 6.11. The maximum Gasteiger partial charge on any atom is 0.347 e. The second-order valence-electron chi connectivity index (χ2n) is 5.11. The first kappa shape index (κ1) is 14.5. The first-order valence-electron chi connectivity index (χ1n) is 6.91. The zero-order chi connectivity index (χ0) is 13.9. The third-order valence-corrected chi connectivity index (χ3v) is 5.09. The molecule has 1 aromatic rings. The fourth-order valence-corrected chi connectivity index (χ4v) is 3.92. The van der Waals surface area contributed by atoms with Crippen LogP contribution in [0, 0.1) is 0 Å². The lowest BCUT2D eigenvalue weighted by Gasteiger charge is -2.34. The molecular weight excluding hydrogens is 262 g/mol. The summed E-state index contributed by atoms with van der Waals surface area (Å²) in [5, 5.41) is 10.1. The Kier molecular flexibility index (Phi) is 4.58. The van der Waals surface area contributed by atoms with E-state index < -0.39 is 5.97 Å². The smallest absolute Gasteiger partial charge is 0.347 e. The molecule has 5 heteroatoms. The van der Waals surface area contributed by atoms with Gasteiger partial charge in [-0.05, 0) is 19.3 Å². The zero-order valence-corrected chi connectivity index (χ0v) is 12.4. The van der Waals surface area contributed by atoms with E-state index in [1.807, 2.05) is 6.92 Å². The summed E-state index contributed by atoms with van der Waals surface area (Å²) in [6.07, 6.45) is 6.99. The standard InChI is InChI=1S/C14H21NO3S/c1-3-7-10-11(12(16)17)19-13(15-10)14(18-2)8-5-4-6-9-14/h3-9H2,1-2H3,(H,16,17). The quantitative estimate of drug-likeness (QED) is 0.897. The molecule has 19 heavy (non-hydrogen) atoms. The number of aryl methyl sites for hydroxylation is 1. The third-order valence-electron chi connectivity index (χ3n) is 3.82. The summed E-state index contributed by atoms with van der Waals surface area (Å²) in [6, 6.07) is 0. The van der Waals surface area contributed by atoms with Crippen molar-refractivity contribution in [3.05, 3.63) is 15.6 Å². The summed E-state index contributed by atoms with van der Waals surface area (Å²) < 4.78 is 5.75. The van der Waals surface area contributed by atoms with Crippen LogP contribution < -0.4 is 0 Å². The number of carbonyl (C=O) groups is 1. The molecule has 2 rings (SSSR count). The van der Waals surface area contributed by atoms with Crippen LogP contribution in [-0.4, -0.2) is 23.2 Å². The summed E-state index contributed by atoms with van der Waals surface area (Å²) in [6.45, 7) is 2.04. The highest BCUT2D eigenvalue weighted by molar-refractivity contribution is 7.13. The number of thiazole rings is 1. The predicted molar refractivity (Wildman–Crippen MR) is 74.8 cm³/mol. The van der Waals surface area contributed by atoms with E-state index in [4.69, 9.17) is 4.74 Å². The predicted octanol–water partition coefficient (Wildman–Crippen LogP) is 3.60. The number of carboxylic acids is 1. The molecule has 1 fully saturated rings. The number of hydrogen-bond donors (Lipinski definition) is 1. The SMILES string of the molecule is CCCc1nc(C2(OC)CCCCC2)sc1C(=O)O. The van der Waals surface area contributed by atoms with Crippen LogP contribution in [0.2, 0.25) is 0 Å². The van der Waals surface area contributed by atoms with Crippen LogP contribution in [0.4, 0.5) is 0 Å². The van der Waals surface area contributed by atoms with E-state index in [1.165, 1.54) is 17.8 Å². The van der Waals surface area contributed by atoms with Crippen LogP contribution in [0.25, 0.3) is 0 Å². The van der Waals surface area contributed by atoms with Gasteiger partial charge in [0.25, 0.3) is 0 Å². The van der Waals surface area contributed by atoms with Gasteiger partial charge in [0.2, 0.25) is 0 Å². The Labute approximate surface area is 117 Å². The zero-order valence-electron chi connectivity index (χ0n) is 11.6. The highest BCUT2D eigenvalue weighted by Gasteiger charge is 2.38. The number of nitrogens with zero attached hydrogens (tertiary/aromatic N) is 1. The normalized spacial score (nSPS) is 18.4. The van der Waals surface area contributed by atoms with Crippen molar-refractivity contribution in [2.24, 2.45) is 0 Å². The van der Waals surface area contributed by atoms with Crippen LogP contribution in [-0.2, 0) is 16.8 Å². The highest BCUT2D eigenvalue weighted by Crippen LogP contribution is 2.42. The van der Waals surface area contributed by atoms with Gasteiger partial charge < -0.3 is 9.84 Å². The average molecular weight is 283 g/mol. The molecule has 0 aromatic carbocycles.